The summed E-state index contributed by atoms with van der Waals surface area (Å²) < 4.78 is 14.5. The van der Waals surface area contributed by atoms with E-state index in [0.29, 0.717) is 35.6 Å². The van der Waals surface area contributed by atoms with Crippen molar-refractivity contribution >= 4 is 23.2 Å². The molecule has 1 aliphatic carbocycles. The zero-order valence-electron chi connectivity index (χ0n) is 19.3. The standard InChI is InChI=1S/C26H29FN4O2S/c1-30(25(32)23-10-5-15-34-23)22(16-18-6-2-3-8-20(18)27)17-11-13-31(14-12-17)26(33)24-19-7-4-9-21(19)28-29-24/h2-3,5-6,8,10,15,17,22H,4,7,9,11-14,16H2,1H3,(H,28,29)/t22-/m0/s1. The van der Waals surface area contributed by atoms with Crippen molar-refractivity contribution in [3.8, 4) is 0 Å². The maximum Gasteiger partial charge on any atom is 0.274 e. The highest BCUT2D eigenvalue weighted by Crippen LogP contribution is 2.30. The van der Waals surface area contributed by atoms with Gasteiger partial charge in [0.15, 0.2) is 5.69 Å². The number of likely N-dealkylation sites (tertiary alicyclic amines) is 1. The van der Waals surface area contributed by atoms with E-state index in [1.807, 2.05) is 35.5 Å². The molecule has 2 aromatic heterocycles. The number of likely N-dealkylation sites (N-methyl/N-ethyl adjacent to an activating group) is 1. The number of H-pyrrole nitrogens is 1. The summed E-state index contributed by atoms with van der Waals surface area (Å²) in [5, 5.41) is 9.22. The van der Waals surface area contributed by atoms with Crippen molar-refractivity contribution in [2.75, 3.05) is 20.1 Å². The lowest BCUT2D eigenvalue weighted by Gasteiger charge is -2.40. The van der Waals surface area contributed by atoms with Crippen molar-refractivity contribution in [2.45, 2.75) is 44.6 Å². The Labute approximate surface area is 202 Å². The Kier molecular flexibility index (Phi) is 6.50. The largest absolute Gasteiger partial charge is 0.337 e. The van der Waals surface area contributed by atoms with Gasteiger partial charge in [-0.15, -0.1) is 11.3 Å². The molecular formula is C26H29FN4O2S. The number of amides is 2. The van der Waals surface area contributed by atoms with Gasteiger partial charge in [-0.1, -0.05) is 24.3 Å². The number of benzene rings is 1. The second kappa shape index (κ2) is 9.70. The van der Waals surface area contributed by atoms with E-state index in [-0.39, 0.29) is 29.6 Å². The molecule has 1 atom stereocenters. The summed E-state index contributed by atoms with van der Waals surface area (Å²) in [7, 11) is 1.82. The predicted molar refractivity (Wildman–Crippen MR) is 130 cm³/mol. The number of fused-ring (bicyclic) bond motifs is 1. The van der Waals surface area contributed by atoms with E-state index in [9.17, 15) is 14.0 Å². The van der Waals surface area contributed by atoms with Crippen LogP contribution in [0.25, 0.3) is 0 Å². The molecular weight excluding hydrogens is 451 g/mol. The van der Waals surface area contributed by atoms with Crippen LogP contribution in [0.15, 0.2) is 41.8 Å². The van der Waals surface area contributed by atoms with E-state index in [1.165, 1.54) is 17.4 Å². The molecule has 5 rings (SSSR count). The van der Waals surface area contributed by atoms with E-state index in [0.717, 1.165) is 43.4 Å². The van der Waals surface area contributed by atoms with Crippen LogP contribution in [0.4, 0.5) is 4.39 Å². The van der Waals surface area contributed by atoms with Gasteiger partial charge in [-0.25, -0.2) is 4.39 Å². The van der Waals surface area contributed by atoms with Crippen molar-refractivity contribution in [2.24, 2.45) is 5.92 Å². The number of aromatic amines is 1. The van der Waals surface area contributed by atoms with Crippen molar-refractivity contribution in [1.29, 1.82) is 0 Å². The van der Waals surface area contributed by atoms with Crippen LogP contribution in [0.2, 0.25) is 0 Å². The van der Waals surface area contributed by atoms with Crippen molar-refractivity contribution in [3.63, 3.8) is 0 Å². The van der Waals surface area contributed by atoms with Crippen LogP contribution in [0.1, 0.15) is 56.2 Å². The number of nitrogens with zero attached hydrogens (tertiary/aromatic N) is 3. The summed E-state index contributed by atoms with van der Waals surface area (Å²) >= 11 is 1.42. The molecule has 1 saturated heterocycles. The first kappa shape index (κ1) is 22.8. The quantitative estimate of drug-likeness (QED) is 0.571. The third kappa shape index (κ3) is 4.39. The van der Waals surface area contributed by atoms with Crippen LogP contribution in [0, 0.1) is 11.7 Å². The smallest absolute Gasteiger partial charge is 0.274 e. The number of nitrogens with one attached hydrogen (secondary N) is 1. The molecule has 0 radical (unpaired) electrons. The molecule has 2 aliphatic rings. The molecule has 2 amide bonds. The Balaban J connectivity index is 1.32. The maximum atomic E-state index is 14.5. The van der Waals surface area contributed by atoms with Gasteiger partial charge in [0, 0.05) is 37.4 Å². The van der Waals surface area contributed by atoms with E-state index < -0.39 is 0 Å². The molecule has 1 aromatic carbocycles. The summed E-state index contributed by atoms with van der Waals surface area (Å²) in [5.41, 5.74) is 3.35. The Morgan fingerprint density at radius 3 is 2.74 bits per heavy atom. The number of carbonyl (C=O) groups excluding carboxylic acids is 2. The first-order valence-electron chi connectivity index (χ1n) is 11.9. The highest BCUT2D eigenvalue weighted by molar-refractivity contribution is 7.12. The van der Waals surface area contributed by atoms with Gasteiger partial charge >= 0.3 is 0 Å². The first-order valence-corrected chi connectivity index (χ1v) is 12.8. The molecule has 8 heteroatoms. The molecule has 178 valence electrons. The average molecular weight is 481 g/mol. The first-order chi connectivity index (χ1) is 16.5. The number of rotatable bonds is 6. The van der Waals surface area contributed by atoms with Gasteiger partial charge < -0.3 is 9.80 Å². The zero-order chi connectivity index (χ0) is 23.7. The lowest BCUT2D eigenvalue weighted by molar-refractivity contribution is 0.0520. The van der Waals surface area contributed by atoms with E-state index in [2.05, 4.69) is 10.2 Å². The molecule has 1 aliphatic heterocycles. The number of halogens is 1. The highest BCUT2D eigenvalue weighted by Gasteiger charge is 2.35. The van der Waals surface area contributed by atoms with Gasteiger partial charge in [-0.2, -0.15) is 5.10 Å². The summed E-state index contributed by atoms with van der Waals surface area (Å²) in [6.45, 7) is 1.22. The SMILES string of the molecule is CN(C(=O)c1cccs1)[C@@H](Cc1ccccc1F)C1CCN(C(=O)c2n[nH]c3c2CCC3)CC1. The molecule has 0 bridgehead atoms. The van der Waals surface area contributed by atoms with Gasteiger partial charge in [0.25, 0.3) is 11.8 Å². The Morgan fingerprint density at radius 1 is 1.21 bits per heavy atom. The van der Waals surface area contributed by atoms with Crippen LogP contribution in [-0.2, 0) is 19.3 Å². The fourth-order valence-electron chi connectivity index (χ4n) is 5.37. The number of aryl methyl sites for hydroxylation is 1. The monoisotopic (exact) mass is 480 g/mol. The summed E-state index contributed by atoms with van der Waals surface area (Å²) in [6.07, 6.45) is 4.91. The highest BCUT2D eigenvalue weighted by atomic mass is 32.1. The number of piperidine rings is 1. The van der Waals surface area contributed by atoms with E-state index >= 15 is 0 Å². The van der Waals surface area contributed by atoms with Gasteiger partial charge in [-0.05, 0) is 67.5 Å². The normalized spacial score (nSPS) is 16.9. The van der Waals surface area contributed by atoms with Crippen LogP contribution in [-0.4, -0.2) is 58.0 Å². The molecule has 3 heterocycles. The summed E-state index contributed by atoms with van der Waals surface area (Å²) in [4.78, 5) is 30.7. The summed E-state index contributed by atoms with van der Waals surface area (Å²) in [6, 6.07) is 10.3. The predicted octanol–water partition coefficient (Wildman–Crippen LogP) is 4.33. The van der Waals surface area contributed by atoms with Crippen molar-refractivity contribution in [3.05, 3.63) is 75.0 Å². The van der Waals surface area contributed by atoms with Crippen LogP contribution in [0.3, 0.4) is 0 Å². The number of carbonyl (C=O) groups is 2. The third-order valence-electron chi connectivity index (χ3n) is 7.32. The summed E-state index contributed by atoms with van der Waals surface area (Å²) in [5.74, 6) is -0.125. The maximum absolute atomic E-state index is 14.5. The molecule has 0 spiro atoms. The lowest BCUT2D eigenvalue weighted by Crippen LogP contribution is -2.48. The Morgan fingerprint density at radius 2 is 2.00 bits per heavy atom. The third-order valence-corrected chi connectivity index (χ3v) is 8.17. The minimum atomic E-state index is -0.246. The fraction of sp³-hybridized carbons (Fsp3) is 0.423. The topological polar surface area (TPSA) is 69.3 Å². The molecule has 6 nitrogen and oxygen atoms in total. The number of hydrogen-bond donors (Lipinski definition) is 1. The lowest BCUT2D eigenvalue weighted by atomic mass is 9.84. The van der Waals surface area contributed by atoms with Gasteiger partial charge in [0.05, 0.1) is 4.88 Å². The number of aromatic nitrogens is 2. The van der Waals surface area contributed by atoms with E-state index in [1.54, 1.807) is 17.0 Å². The minimum Gasteiger partial charge on any atom is -0.337 e. The average Bonchev–Trinajstić information content (AvgIpc) is 3.61. The number of hydrogen-bond acceptors (Lipinski definition) is 4. The van der Waals surface area contributed by atoms with Gasteiger partial charge in [0.2, 0.25) is 0 Å². The molecule has 3 aromatic rings. The van der Waals surface area contributed by atoms with Crippen molar-refractivity contribution < 1.29 is 14.0 Å². The number of thiophene rings is 1. The van der Waals surface area contributed by atoms with Gasteiger partial charge in [0.1, 0.15) is 5.82 Å². The van der Waals surface area contributed by atoms with Crippen molar-refractivity contribution in [1.82, 2.24) is 20.0 Å². The second-order valence-electron chi connectivity index (χ2n) is 9.27. The Hall–Kier alpha value is -3.00. The molecule has 34 heavy (non-hydrogen) atoms. The molecule has 0 unspecified atom stereocenters. The zero-order valence-corrected chi connectivity index (χ0v) is 20.1. The molecule has 0 saturated carbocycles. The Bertz CT molecular complexity index is 1170. The van der Waals surface area contributed by atoms with Crippen LogP contribution >= 0.6 is 11.3 Å². The van der Waals surface area contributed by atoms with E-state index in [4.69, 9.17) is 0 Å². The fourth-order valence-corrected chi connectivity index (χ4v) is 6.07. The molecule has 1 fully saturated rings. The van der Waals surface area contributed by atoms with Crippen LogP contribution < -0.4 is 0 Å². The van der Waals surface area contributed by atoms with Gasteiger partial charge in [-0.3, -0.25) is 14.7 Å². The minimum absolute atomic E-state index is 0.00785. The second-order valence-corrected chi connectivity index (χ2v) is 10.2. The molecule has 1 N–H and O–H groups in total. The van der Waals surface area contributed by atoms with Crippen LogP contribution in [0.5, 0.6) is 0 Å².